The molecule has 0 atom stereocenters. The van der Waals surface area contributed by atoms with Crippen LogP contribution < -0.4 is 0 Å². The van der Waals surface area contributed by atoms with Crippen LogP contribution in [0.15, 0.2) is 36.1 Å². The number of carbonyl (C=O) groups excluding carboxylic acids is 1. The molecule has 0 unspecified atom stereocenters. The summed E-state index contributed by atoms with van der Waals surface area (Å²) < 4.78 is 0. The fraction of sp³-hybridized carbons (Fsp3) is 0.182. The van der Waals surface area contributed by atoms with Gasteiger partial charge in [-0.25, -0.2) is 0 Å². The van der Waals surface area contributed by atoms with Crippen molar-refractivity contribution in [2.24, 2.45) is 0 Å². The average Bonchev–Trinajstić information content (AvgIpc) is 2.16. The van der Waals surface area contributed by atoms with Crippen LogP contribution in [0.4, 0.5) is 0 Å². The molecule has 68 valence electrons. The van der Waals surface area contributed by atoms with Crippen LogP contribution in [0.2, 0.25) is 0 Å². The predicted octanol–water partition coefficient (Wildman–Crippen LogP) is 2.64. The summed E-state index contributed by atoms with van der Waals surface area (Å²) in [5.41, 5.74) is 1.92. The number of allylic oxidation sites excluding steroid dienone is 1. The van der Waals surface area contributed by atoms with Gasteiger partial charge in [-0.2, -0.15) is 0 Å². The summed E-state index contributed by atoms with van der Waals surface area (Å²) >= 11 is 0. The van der Waals surface area contributed by atoms with E-state index in [4.69, 9.17) is 5.11 Å². The molecule has 2 heteroatoms. The Hall–Kier alpha value is -1.57. The van der Waals surface area contributed by atoms with E-state index in [2.05, 4.69) is 0 Å². The lowest BCUT2D eigenvalue weighted by atomic mass is 10.0. The van der Waals surface area contributed by atoms with Gasteiger partial charge in [-0.1, -0.05) is 24.3 Å². The molecule has 0 spiro atoms. The van der Waals surface area contributed by atoms with Crippen molar-refractivity contribution >= 4 is 5.78 Å². The minimum atomic E-state index is -0.124. The Balaban J connectivity index is 3.10. The second-order valence-corrected chi connectivity index (χ2v) is 2.96. The van der Waals surface area contributed by atoms with E-state index in [9.17, 15) is 4.79 Å². The smallest absolute Gasteiger partial charge is 0.192 e. The van der Waals surface area contributed by atoms with Gasteiger partial charge in [-0.05, 0) is 19.4 Å². The van der Waals surface area contributed by atoms with E-state index in [0.29, 0.717) is 11.1 Å². The quantitative estimate of drug-likeness (QED) is 0.427. The zero-order chi connectivity index (χ0) is 9.84. The summed E-state index contributed by atoms with van der Waals surface area (Å²) in [4.78, 5) is 11.6. The third kappa shape index (κ3) is 1.96. The molecule has 1 aromatic carbocycles. The number of aliphatic hydroxyl groups excluding tert-OH is 1. The van der Waals surface area contributed by atoms with Crippen LogP contribution in [0.1, 0.15) is 22.8 Å². The molecule has 0 aliphatic heterocycles. The number of ketones is 1. The molecular formula is C11H12O2. The minimum Gasteiger partial charge on any atom is -0.515 e. The van der Waals surface area contributed by atoms with E-state index in [-0.39, 0.29) is 5.78 Å². The molecule has 1 rings (SSSR count). The van der Waals surface area contributed by atoms with Crippen LogP contribution in [0.25, 0.3) is 0 Å². The molecule has 0 bridgehead atoms. The second kappa shape index (κ2) is 3.90. The molecule has 0 aromatic heterocycles. The molecule has 0 fully saturated rings. The lowest BCUT2D eigenvalue weighted by Crippen LogP contribution is -2.02. The van der Waals surface area contributed by atoms with E-state index >= 15 is 0 Å². The number of hydrogen-bond acceptors (Lipinski definition) is 2. The van der Waals surface area contributed by atoms with Crippen LogP contribution in [0.5, 0.6) is 0 Å². The number of hydrogen-bond donors (Lipinski definition) is 1. The number of Topliss-reactive ketones (excluding diaryl/α,β-unsaturated/α-hetero) is 1. The maximum absolute atomic E-state index is 11.6. The first kappa shape index (κ1) is 9.52. The van der Waals surface area contributed by atoms with E-state index in [1.54, 1.807) is 13.0 Å². The van der Waals surface area contributed by atoms with Crippen molar-refractivity contribution in [3.63, 3.8) is 0 Å². The van der Waals surface area contributed by atoms with Gasteiger partial charge in [-0.15, -0.1) is 0 Å². The van der Waals surface area contributed by atoms with Gasteiger partial charge in [0.25, 0.3) is 0 Å². The highest BCUT2D eigenvalue weighted by molar-refractivity contribution is 6.08. The van der Waals surface area contributed by atoms with Crippen molar-refractivity contribution in [3.05, 3.63) is 47.2 Å². The van der Waals surface area contributed by atoms with Crippen molar-refractivity contribution in [3.8, 4) is 0 Å². The standard InChI is InChI=1S/C11H12O2/c1-8-5-3-4-6-10(8)11(13)9(2)7-12/h3-7,12H,1-2H3/b9-7+. The Morgan fingerprint density at radius 2 is 2.00 bits per heavy atom. The van der Waals surface area contributed by atoms with Crippen molar-refractivity contribution in [2.75, 3.05) is 0 Å². The Bertz CT molecular complexity index is 351. The second-order valence-electron chi connectivity index (χ2n) is 2.96. The molecule has 13 heavy (non-hydrogen) atoms. The zero-order valence-electron chi connectivity index (χ0n) is 7.74. The van der Waals surface area contributed by atoms with Gasteiger partial charge in [-0.3, -0.25) is 4.79 Å². The normalized spacial score (nSPS) is 11.4. The van der Waals surface area contributed by atoms with Crippen molar-refractivity contribution in [2.45, 2.75) is 13.8 Å². The van der Waals surface area contributed by atoms with Crippen LogP contribution in [-0.4, -0.2) is 10.9 Å². The third-order valence-electron chi connectivity index (χ3n) is 1.94. The van der Waals surface area contributed by atoms with Gasteiger partial charge in [0, 0.05) is 11.1 Å². The highest BCUT2D eigenvalue weighted by atomic mass is 16.2. The van der Waals surface area contributed by atoms with Crippen LogP contribution >= 0.6 is 0 Å². The van der Waals surface area contributed by atoms with Gasteiger partial charge < -0.3 is 5.11 Å². The zero-order valence-corrected chi connectivity index (χ0v) is 7.74. The Morgan fingerprint density at radius 3 is 2.54 bits per heavy atom. The summed E-state index contributed by atoms with van der Waals surface area (Å²) in [5.74, 6) is -0.124. The van der Waals surface area contributed by atoms with Gasteiger partial charge in [0.15, 0.2) is 5.78 Å². The van der Waals surface area contributed by atoms with Crippen molar-refractivity contribution < 1.29 is 9.90 Å². The van der Waals surface area contributed by atoms with Gasteiger partial charge in [0.05, 0.1) is 6.26 Å². The van der Waals surface area contributed by atoms with Gasteiger partial charge >= 0.3 is 0 Å². The number of rotatable bonds is 2. The SMILES string of the molecule is C/C(=C\O)C(=O)c1ccccc1C. The summed E-state index contributed by atoms with van der Waals surface area (Å²) in [6.45, 7) is 3.46. The summed E-state index contributed by atoms with van der Waals surface area (Å²) in [7, 11) is 0. The fourth-order valence-corrected chi connectivity index (χ4v) is 1.10. The lowest BCUT2D eigenvalue weighted by molar-refractivity contribution is 0.103. The number of benzene rings is 1. The fourth-order valence-electron chi connectivity index (χ4n) is 1.10. The monoisotopic (exact) mass is 176 g/mol. The molecule has 1 N–H and O–H groups in total. The maximum Gasteiger partial charge on any atom is 0.192 e. The summed E-state index contributed by atoms with van der Waals surface area (Å²) in [6, 6.07) is 7.32. The Kier molecular flexibility index (Phi) is 2.85. The summed E-state index contributed by atoms with van der Waals surface area (Å²) in [6.07, 6.45) is 0.842. The average molecular weight is 176 g/mol. The molecule has 0 heterocycles. The number of carbonyl (C=O) groups is 1. The van der Waals surface area contributed by atoms with Crippen LogP contribution in [0, 0.1) is 6.92 Å². The first-order valence-electron chi connectivity index (χ1n) is 4.08. The predicted molar refractivity (Wildman–Crippen MR) is 51.9 cm³/mol. The molecule has 0 saturated carbocycles. The molecule has 2 nitrogen and oxygen atoms in total. The lowest BCUT2D eigenvalue weighted by Gasteiger charge is -2.02. The van der Waals surface area contributed by atoms with Crippen molar-refractivity contribution in [1.29, 1.82) is 0 Å². The Morgan fingerprint density at radius 1 is 1.38 bits per heavy atom. The van der Waals surface area contributed by atoms with Gasteiger partial charge in [0.1, 0.15) is 0 Å². The summed E-state index contributed by atoms with van der Waals surface area (Å²) in [5, 5.41) is 8.67. The van der Waals surface area contributed by atoms with E-state index < -0.39 is 0 Å². The molecule has 0 aliphatic carbocycles. The molecule has 0 saturated heterocycles. The largest absolute Gasteiger partial charge is 0.515 e. The first-order chi connectivity index (χ1) is 6.16. The Labute approximate surface area is 77.5 Å². The minimum absolute atomic E-state index is 0.124. The third-order valence-corrected chi connectivity index (χ3v) is 1.94. The molecule has 0 radical (unpaired) electrons. The number of aliphatic hydroxyl groups is 1. The van der Waals surface area contributed by atoms with E-state index in [1.807, 2.05) is 25.1 Å². The molecule has 1 aromatic rings. The molecule has 0 amide bonds. The highest BCUT2D eigenvalue weighted by Gasteiger charge is 2.09. The topological polar surface area (TPSA) is 37.3 Å². The van der Waals surface area contributed by atoms with Crippen molar-refractivity contribution in [1.82, 2.24) is 0 Å². The molecule has 0 aliphatic rings. The van der Waals surface area contributed by atoms with Crippen LogP contribution in [0.3, 0.4) is 0 Å². The maximum atomic E-state index is 11.6. The molecular weight excluding hydrogens is 164 g/mol. The highest BCUT2D eigenvalue weighted by Crippen LogP contribution is 2.11. The first-order valence-corrected chi connectivity index (χ1v) is 4.08. The van der Waals surface area contributed by atoms with Crippen LogP contribution in [-0.2, 0) is 0 Å². The van der Waals surface area contributed by atoms with E-state index in [0.717, 1.165) is 11.8 Å². The van der Waals surface area contributed by atoms with E-state index in [1.165, 1.54) is 0 Å². The van der Waals surface area contributed by atoms with Gasteiger partial charge in [0.2, 0.25) is 0 Å². The number of aryl methyl sites for hydroxylation is 1.